The van der Waals surface area contributed by atoms with Crippen LogP contribution in [0, 0.1) is 5.82 Å². The van der Waals surface area contributed by atoms with Gasteiger partial charge in [0.05, 0.1) is 10.6 Å². The van der Waals surface area contributed by atoms with E-state index in [0.717, 1.165) is 5.56 Å². The molecule has 6 heteroatoms. The van der Waals surface area contributed by atoms with Crippen LogP contribution in [0.4, 0.5) is 10.3 Å². The first-order valence-corrected chi connectivity index (χ1v) is 6.72. The third-order valence-electron chi connectivity index (χ3n) is 2.73. The predicted molar refractivity (Wildman–Crippen MR) is 74.6 cm³/mol. The van der Waals surface area contributed by atoms with Crippen molar-refractivity contribution in [2.45, 2.75) is 0 Å². The quantitative estimate of drug-likeness (QED) is 0.760. The fourth-order valence-corrected chi connectivity index (χ4v) is 2.78. The Hall–Kier alpha value is -1.85. The van der Waals surface area contributed by atoms with Crippen LogP contribution in [0.2, 0.25) is 5.02 Å². The topological polar surface area (TPSA) is 52.0 Å². The van der Waals surface area contributed by atoms with Gasteiger partial charge in [0.1, 0.15) is 11.5 Å². The third kappa shape index (κ3) is 2.01. The van der Waals surface area contributed by atoms with Gasteiger partial charge >= 0.3 is 0 Å². The Kier molecular flexibility index (Phi) is 3.00. The smallest absolute Gasteiger partial charge is 0.230 e. The summed E-state index contributed by atoms with van der Waals surface area (Å²) in [4.78, 5) is 0. The van der Waals surface area contributed by atoms with Gasteiger partial charge in [0.2, 0.25) is 5.88 Å². The molecule has 0 fully saturated rings. The van der Waals surface area contributed by atoms with Crippen LogP contribution in [0.1, 0.15) is 0 Å². The minimum atomic E-state index is -0.459. The summed E-state index contributed by atoms with van der Waals surface area (Å²) in [6.45, 7) is 0. The van der Waals surface area contributed by atoms with E-state index in [1.54, 1.807) is 6.07 Å². The largest absolute Gasteiger partial charge is 0.367 e. The van der Waals surface area contributed by atoms with Crippen LogP contribution in [0.25, 0.3) is 22.4 Å². The van der Waals surface area contributed by atoms with E-state index in [0.29, 0.717) is 11.3 Å². The van der Waals surface area contributed by atoms with Gasteiger partial charge in [-0.2, -0.15) is 11.3 Å². The van der Waals surface area contributed by atoms with Crippen LogP contribution < -0.4 is 5.73 Å². The van der Waals surface area contributed by atoms with Crippen molar-refractivity contribution in [2.75, 3.05) is 5.73 Å². The number of nitrogens with two attached hydrogens (primary N) is 1. The number of nitrogens with zero attached hydrogens (tertiary/aromatic N) is 1. The molecule has 2 N–H and O–H groups in total. The first-order valence-electron chi connectivity index (χ1n) is 5.40. The van der Waals surface area contributed by atoms with E-state index in [4.69, 9.17) is 21.9 Å². The summed E-state index contributed by atoms with van der Waals surface area (Å²) in [7, 11) is 0. The minimum absolute atomic E-state index is 0.0493. The van der Waals surface area contributed by atoms with Crippen LogP contribution >= 0.6 is 22.9 Å². The molecule has 0 saturated heterocycles. The van der Waals surface area contributed by atoms with Gasteiger partial charge in [0.15, 0.2) is 0 Å². The van der Waals surface area contributed by atoms with Crippen molar-refractivity contribution >= 4 is 28.8 Å². The Labute approximate surface area is 117 Å². The molecule has 96 valence electrons. The Morgan fingerprint density at radius 1 is 1.26 bits per heavy atom. The van der Waals surface area contributed by atoms with E-state index in [1.807, 2.05) is 16.8 Å². The highest BCUT2D eigenvalue weighted by atomic mass is 35.5. The third-order valence-corrected chi connectivity index (χ3v) is 3.72. The second kappa shape index (κ2) is 4.68. The number of rotatable bonds is 2. The molecule has 3 rings (SSSR count). The van der Waals surface area contributed by atoms with Crippen molar-refractivity contribution in [3.63, 3.8) is 0 Å². The molecular weight excluding hydrogens is 287 g/mol. The van der Waals surface area contributed by atoms with Crippen LogP contribution in [0.15, 0.2) is 39.5 Å². The second-order valence-electron chi connectivity index (χ2n) is 3.88. The number of thiophene rings is 1. The molecule has 0 spiro atoms. The van der Waals surface area contributed by atoms with E-state index in [9.17, 15) is 4.39 Å². The zero-order valence-electron chi connectivity index (χ0n) is 9.56. The van der Waals surface area contributed by atoms with Crippen molar-refractivity contribution in [1.29, 1.82) is 0 Å². The van der Waals surface area contributed by atoms with Crippen LogP contribution in [0.5, 0.6) is 0 Å². The number of nitrogen functional groups attached to an aromatic ring is 1. The molecule has 0 saturated carbocycles. The second-order valence-corrected chi connectivity index (χ2v) is 5.07. The predicted octanol–water partition coefficient (Wildman–Crippen LogP) is 4.44. The molecule has 0 unspecified atom stereocenters. The van der Waals surface area contributed by atoms with Crippen molar-refractivity contribution in [2.24, 2.45) is 0 Å². The zero-order chi connectivity index (χ0) is 13.4. The first kappa shape index (κ1) is 12.2. The maximum atomic E-state index is 14.0. The molecule has 0 aliphatic carbocycles. The molecule has 0 aliphatic rings. The molecule has 1 aromatic carbocycles. The van der Waals surface area contributed by atoms with Crippen LogP contribution in [-0.4, -0.2) is 5.16 Å². The molecule has 0 radical (unpaired) electrons. The highest BCUT2D eigenvalue weighted by molar-refractivity contribution is 7.08. The van der Waals surface area contributed by atoms with E-state index in [2.05, 4.69) is 5.16 Å². The number of hydrogen-bond acceptors (Lipinski definition) is 4. The zero-order valence-corrected chi connectivity index (χ0v) is 11.1. The van der Waals surface area contributed by atoms with Gasteiger partial charge < -0.3 is 10.3 Å². The summed E-state index contributed by atoms with van der Waals surface area (Å²) in [5.74, 6) is -0.410. The molecular formula is C13H8ClFN2OS. The fraction of sp³-hybridized carbons (Fsp3) is 0. The number of aromatic nitrogens is 1. The first-order chi connectivity index (χ1) is 9.18. The van der Waals surface area contributed by atoms with Gasteiger partial charge in [-0.25, -0.2) is 4.39 Å². The number of anilines is 1. The molecule has 0 atom stereocenters. The van der Waals surface area contributed by atoms with Gasteiger partial charge in [-0.05, 0) is 23.6 Å². The van der Waals surface area contributed by atoms with E-state index in [-0.39, 0.29) is 16.5 Å². The van der Waals surface area contributed by atoms with Crippen molar-refractivity contribution in [1.82, 2.24) is 5.16 Å². The number of hydrogen-bond donors (Lipinski definition) is 1. The fourth-order valence-electron chi connectivity index (χ4n) is 1.88. The lowest BCUT2D eigenvalue weighted by Gasteiger charge is -2.05. The molecule has 19 heavy (non-hydrogen) atoms. The number of benzene rings is 1. The van der Waals surface area contributed by atoms with Gasteiger partial charge in [0, 0.05) is 16.5 Å². The summed E-state index contributed by atoms with van der Waals surface area (Å²) in [6.07, 6.45) is 0. The SMILES string of the molecule is Nc1onc(-c2ccsc2)c1-c1c(F)cccc1Cl. The van der Waals surface area contributed by atoms with Crippen molar-refractivity contribution in [3.8, 4) is 22.4 Å². The van der Waals surface area contributed by atoms with E-state index in [1.165, 1.54) is 23.5 Å². The molecule has 0 bridgehead atoms. The lowest BCUT2D eigenvalue weighted by Crippen LogP contribution is -1.91. The standard InChI is InChI=1S/C13H8ClFN2OS/c14-8-2-1-3-9(15)10(8)11-12(17-18-13(11)16)7-4-5-19-6-7/h1-6H,16H2. The monoisotopic (exact) mass is 294 g/mol. The molecule has 3 nitrogen and oxygen atoms in total. The van der Waals surface area contributed by atoms with Gasteiger partial charge in [-0.1, -0.05) is 22.8 Å². The summed E-state index contributed by atoms with van der Waals surface area (Å²) in [5.41, 5.74) is 7.68. The molecule has 3 aromatic rings. The lowest BCUT2D eigenvalue weighted by molar-refractivity contribution is 0.439. The highest BCUT2D eigenvalue weighted by Crippen LogP contribution is 2.41. The van der Waals surface area contributed by atoms with E-state index < -0.39 is 5.82 Å². The Morgan fingerprint density at radius 3 is 2.79 bits per heavy atom. The van der Waals surface area contributed by atoms with Gasteiger partial charge in [0.25, 0.3) is 0 Å². The Bertz CT molecular complexity index is 704. The minimum Gasteiger partial charge on any atom is -0.367 e. The molecule has 2 aromatic heterocycles. The van der Waals surface area contributed by atoms with Crippen molar-refractivity contribution in [3.05, 3.63) is 45.9 Å². The summed E-state index contributed by atoms with van der Waals surface area (Å²) >= 11 is 7.57. The molecule has 2 heterocycles. The average molecular weight is 295 g/mol. The van der Waals surface area contributed by atoms with Crippen LogP contribution in [-0.2, 0) is 0 Å². The molecule has 0 amide bonds. The molecule has 0 aliphatic heterocycles. The Balaban J connectivity index is 2.29. The van der Waals surface area contributed by atoms with E-state index >= 15 is 0 Å². The maximum Gasteiger partial charge on any atom is 0.230 e. The summed E-state index contributed by atoms with van der Waals surface area (Å²) in [5, 5.41) is 7.95. The number of halogens is 2. The lowest BCUT2D eigenvalue weighted by atomic mass is 10.0. The normalized spacial score (nSPS) is 10.8. The van der Waals surface area contributed by atoms with Crippen LogP contribution in [0.3, 0.4) is 0 Å². The maximum absolute atomic E-state index is 14.0. The summed E-state index contributed by atoms with van der Waals surface area (Å²) in [6, 6.07) is 6.32. The van der Waals surface area contributed by atoms with Gasteiger partial charge in [-0.3, -0.25) is 0 Å². The Morgan fingerprint density at radius 2 is 2.11 bits per heavy atom. The summed E-state index contributed by atoms with van der Waals surface area (Å²) < 4.78 is 19.0. The average Bonchev–Trinajstić information content (AvgIpc) is 2.99. The van der Waals surface area contributed by atoms with Crippen molar-refractivity contribution < 1.29 is 8.91 Å². The highest BCUT2D eigenvalue weighted by Gasteiger charge is 2.22. The van der Waals surface area contributed by atoms with Gasteiger partial charge in [-0.15, -0.1) is 0 Å².